The van der Waals surface area contributed by atoms with Crippen molar-refractivity contribution in [1.82, 2.24) is 5.32 Å². The molecule has 4 heteroatoms. The Balaban J connectivity index is 1.78. The summed E-state index contributed by atoms with van der Waals surface area (Å²) in [6, 6.07) is 0. The molecule has 1 unspecified atom stereocenters. The molecule has 0 aromatic rings. The van der Waals surface area contributed by atoms with Crippen LogP contribution in [0.15, 0.2) is 0 Å². The van der Waals surface area contributed by atoms with E-state index >= 15 is 0 Å². The van der Waals surface area contributed by atoms with Crippen LogP contribution < -0.4 is 5.32 Å². The number of rotatable bonds is 3. The van der Waals surface area contributed by atoms with Gasteiger partial charge in [-0.2, -0.15) is 0 Å². The number of hydrogen-bond acceptors (Lipinski definition) is 1. The lowest BCUT2D eigenvalue weighted by molar-refractivity contribution is -0.125. The summed E-state index contributed by atoms with van der Waals surface area (Å²) in [5, 5.41) is 2.97. The van der Waals surface area contributed by atoms with E-state index in [4.69, 9.17) is 23.2 Å². The highest BCUT2D eigenvalue weighted by molar-refractivity contribution is 6.53. The van der Waals surface area contributed by atoms with E-state index in [1.54, 1.807) is 0 Å². The standard InChI is InChI=1S/C11H17Cl2NO/c1-10(7-11(10,12)13)9(15)14-6-8-4-2-3-5-8/h8H,2-7H2,1H3,(H,14,15). The van der Waals surface area contributed by atoms with Crippen LogP contribution >= 0.6 is 23.2 Å². The predicted molar refractivity (Wildman–Crippen MR) is 62.1 cm³/mol. The Kier molecular flexibility index (Phi) is 2.93. The fraction of sp³-hybridized carbons (Fsp3) is 0.909. The normalized spacial score (nSPS) is 34.1. The van der Waals surface area contributed by atoms with Crippen molar-refractivity contribution in [3.63, 3.8) is 0 Å². The summed E-state index contributed by atoms with van der Waals surface area (Å²) in [6.07, 6.45) is 5.65. The smallest absolute Gasteiger partial charge is 0.229 e. The van der Waals surface area contributed by atoms with Crippen LogP contribution in [-0.4, -0.2) is 16.8 Å². The van der Waals surface area contributed by atoms with E-state index in [1.165, 1.54) is 25.7 Å². The minimum atomic E-state index is -0.841. The van der Waals surface area contributed by atoms with Gasteiger partial charge in [-0.05, 0) is 32.1 Å². The summed E-state index contributed by atoms with van der Waals surface area (Å²) in [4.78, 5) is 11.8. The SMILES string of the molecule is CC1(C(=O)NCC2CCCC2)CC1(Cl)Cl. The molecule has 2 aliphatic rings. The van der Waals surface area contributed by atoms with Gasteiger partial charge in [-0.3, -0.25) is 4.79 Å². The Hall–Kier alpha value is 0.0500. The molecular weight excluding hydrogens is 233 g/mol. The molecule has 1 atom stereocenters. The molecule has 0 spiro atoms. The molecule has 1 N–H and O–H groups in total. The van der Waals surface area contributed by atoms with E-state index in [0.717, 1.165) is 6.54 Å². The minimum absolute atomic E-state index is 0.0133. The monoisotopic (exact) mass is 249 g/mol. The summed E-state index contributed by atoms with van der Waals surface area (Å²) >= 11 is 11.9. The maximum Gasteiger partial charge on any atom is 0.229 e. The molecule has 0 saturated heterocycles. The van der Waals surface area contributed by atoms with Crippen molar-refractivity contribution >= 4 is 29.1 Å². The van der Waals surface area contributed by atoms with E-state index in [0.29, 0.717) is 12.3 Å². The Morgan fingerprint density at radius 1 is 1.40 bits per heavy atom. The summed E-state index contributed by atoms with van der Waals surface area (Å²) < 4.78 is -0.841. The molecule has 0 aromatic heterocycles. The molecule has 15 heavy (non-hydrogen) atoms. The molecule has 0 heterocycles. The van der Waals surface area contributed by atoms with Crippen molar-refractivity contribution in [3.05, 3.63) is 0 Å². The molecule has 86 valence electrons. The second-order valence-electron chi connectivity index (χ2n) is 5.07. The zero-order valence-corrected chi connectivity index (χ0v) is 10.5. The maximum atomic E-state index is 11.8. The zero-order valence-electron chi connectivity index (χ0n) is 8.98. The van der Waals surface area contributed by atoms with E-state index in [9.17, 15) is 4.79 Å². The Bertz CT molecular complexity index is 274. The lowest BCUT2D eigenvalue weighted by Gasteiger charge is -2.15. The molecule has 2 fully saturated rings. The van der Waals surface area contributed by atoms with Crippen LogP contribution in [0.3, 0.4) is 0 Å². The summed E-state index contributed by atoms with van der Waals surface area (Å²) in [5.41, 5.74) is -0.561. The molecule has 2 aliphatic carbocycles. The summed E-state index contributed by atoms with van der Waals surface area (Å²) in [7, 11) is 0. The molecular formula is C11H17Cl2NO. The third-order valence-electron chi connectivity index (χ3n) is 3.79. The molecule has 0 aromatic carbocycles. The third kappa shape index (κ3) is 2.12. The number of amides is 1. The maximum absolute atomic E-state index is 11.8. The zero-order chi connectivity index (χ0) is 11.1. The van der Waals surface area contributed by atoms with Gasteiger partial charge in [-0.1, -0.05) is 12.8 Å². The number of carbonyl (C=O) groups is 1. The Labute approximate surface area is 101 Å². The van der Waals surface area contributed by atoms with Crippen LogP contribution in [0.2, 0.25) is 0 Å². The van der Waals surface area contributed by atoms with Gasteiger partial charge >= 0.3 is 0 Å². The van der Waals surface area contributed by atoms with E-state index in [1.807, 2.05) is 6.92 Å². The quantitative estimate of drug-likeness (QED) is 0.766. The highest BCUT2D eigenvalue weighted by Crippen LogP contribution is 2.63. The third-order valence-corrected chi connectivity index (χ3v) is 4.89. The Morgan fingerprint density at radius 2 is 1.93 bits per heavy atom. The van der Waals surface area contributed by atoms with Crippen molar-refractivity contribution in [2.45, 2.75) is 43.4 Å². The molecule has 2 saturated carbocycles. The van der Waals surface area contributed by atoms with Crippen LogP contribution in [0.5, 0.6) is 0 Å². The van der Waals surface area contributed by atoms with E-state index < -0.39 is 9.75 Å². The fourth-order valence-corrected chi connectivity index (χ4v) is 3.00. The van der Waals surface area contributed by atoms with Crippen molar-refractivity contribution in [1.29, 1.82) is 0 Å². The second kappa shape index (κ2) is 3.81. The van der Waals surface area contributed by atoms with Crippen LogP contribution in [0.25, 0.3) is 0 Å². The molecule has 0 radical (unpaired) electrons. The summed E-state index contributed by atoms with van der Waals surface area (Å²) in [6.45, 7) is 2.62. The molecule has 1 amide bonds. The van der Waals surface area contributed by atoms with Crippen LogP contribution in [0.1, 0.15) is 39.0 Å². The molecule has 0 bridgehead atoms. The van der Waals surface area contributed by atoms with Crippen molar-refractivity contribution in [3.8, 4) is 0 Å². The Morgan fingerprint density at radius 3 is 2.40 bits per heavy atom. The van der Waals surface area contributed by atoms with E-state index in [2.05, 4.69) is 5.32 Å². The molecule has 0 aliphatic heterocycles. The number of carbonyl (C=O) groups excluding carboxylic acids is 1. The highest BCUT2D eigenvalue weighted by Gasteiger charge is 2.67. The van der Waals surface area contributed by atoms with Gasteiger partial charge in [-0.15, -0.1) is 23.2 Å². The van der Waals surface area contributed by atoms with Gasteiger partial charge in [0.2, 0.25) is 5.91 Å². The summed E-state index contributed by atoms with van der Waals surface area (Å²) in [5.74, 6) is 0.677. The number of hydrogen-bond donors (Lipinski definition) is 1. The highest BCUT2D eigenvalue weighted by atomic mass is 35.5. The second-order valence-corrected chi connectivity index (χ2v) is 6.56. The van der Waals surface area contributed by atoms with Gasteiger partial charge in [0.05, 0.1) is 5.41 Å². The molecule has 2 rings (SSSR count). The van der Waals surface area contributed by atoms with Gasteiger partial charge in [0.25, 0.3) is 0 Å². The van der Waals surface area contributed by atoms with Gasteiger partial charge < -0.3 is 5.32 Å². The number of alkyl halides is 2. The van der Waals surface area contributed by atoms with Crippen molar-refractivity contribution in [2.24, 2.45) is 11.3 Å². The van der Waals surface area contributed by atoms with Gasteiger partial charge in [0, 0.05) is 6.54 Å². The average Bonchev–Trinajstić information content (AvgIpc) is 2.57. The van der Waals surface area contributed by atoms with Crippen molar-refractivity contribution < 1.29 is 4.79 Å². The topological polar surface area (TPSA) is 29.1 Å². The van der Waals surface area contributed by atoms with Gasteiger partial charge in [0.15, 0.2) is 0 Å². The van der Waals surface area contributed by atoms with E-state index in [-0.39, 0.29) is 5.91 Å². The number of halogens is 2. The van der Waals surface area contributed by atoms with Gasteiger partial charge in [-0.25, -0.2) is 0 Å². The molecule has 2 nitrogen and oxygen atoms in total. The van der Waals surface area contributed by atoms with Crippen molar-refractivity contribution in [2.75, 3.05) is 6.54 Å². The average molecular weight is 250 g/mol. The predicted octanol–water partition coefficient (Wildman–Crippen LogP) is 2.88. The first-order chi connectivity index (χ1) is 6.96. The van der Waals surface area contributed by atoms with Gasteiger partial charge in [0.1, 0.15) is 4.33 Å². The first-order valence-electron chi connectivity index (χ1n) is 5.62. The largest absolute Gasteiger partial charge is 0.355 e. The minimum Gasteiger partial charge on any atom is -0.355 e. The first-order valence-corrected chi connectivity index (χ1v) is 6.37. The van der Waals surface area contributed by atoms with Crippen LogP contribution in [0, 0.1) is 11.3 Å². The lowest BCUT2D eigenvalue weighted by Crippen LogP contribution is -2.36. The fourth-order valence-electron chi connectivity index (χ4n) is 2.29. The number of nitrogens with one attached hydrogen (secondary N) is 1. The van der Waals surface area contributed by atoms with Crippen LogP contribution in [0.4, 0.5) is 0 Å². The first kappa shape index (κ1) is 11.5. The van der Waals surface area contributed by atoms with Crippen LogP contribution in [-0.2, 0) is 4.79 Å². The lowest BCUT2D eigenvalue weighted by atomic mass is 10.1.